The first-order valence-electron chi connectivity index (χ1n) is 5.39. The number of nitrogens with zero attached hydrogens (tertiary/aromatic N) is 1. The Morgan fingerprint density at radius 3 is 2.82 bits per heavy atom. The lowest BCUT2D eigenvalue weighted by molar-refractivity contribution is -0.118. The van der Waals surface area contributed by atoms with E-state index < -0.39 is 11.6 Å². The molecule has 1 fully saturated rings. The predicted molar refractivity (Wildman–Crippen MR) is 64.8 cm³/mol. The van der Waals surface area contributed by atoms with Crippen molar-refractivity contribution in [3.63, 3.8) is 0 Å². The largest absolute Gasteiger partial charge is 0.352 e. The van der Waals surface area contributed by atoms with Crippen molar-refractivity contribution < 1.29 is 9.59 Å². The van der Waals surface area contributed by atoms with Gasteiger partial charge >= 0.3 is 6.03 Å². The van der Waals surface area contributed by atoms with Crippen LogP contribution >= 0.6 is 11.3 Å². The molecule has 6 nitrogen and oxygen atoms in total. The van der Waals surface area contributed by atoms with Crippen LogP contribution in [0.25, 0.3) is 0 Å². The molecule has 0 bridgehead atoms. The highest BCUT2D eigenvalue weighted by Gasteiger charge is 2.51. The third kappa shape index (κ3) is 2.38. The highest BCUT2D eigenvalue weighted by molar-refractivity contribution is 7.14. The lowest BCUT2D eigenvalue weighted by Gasteiger charge is -2.15. The Hall–Kier alpha value is -1.63. The first-order valence-corrected chi connectivity index (χ1v) is 6.27. The van der Waals surface area contributed by atoms with Crippen molar-refractivity contribution in [3.05, 3.63) is 11.2 Å². The normalized spacial score (nSPS) is 16.3. The summed E-state index contributed by atoms with van der Waals surface area (Å²) in [6.45, 7) is 1.97. The molecule has 0 aliphatic heterocycles. The molecule has 3 amide bonds. The van der Waals surface area contributed by atoms with Crippen molar-refractivity contribution >= 4 is 28.3 Å². The fraction of sp³-hybridized carbons (Fsp3) is 0.500. The standard InChI is InChI=1S/C10H14N4O2S/c1-2-6-7(17-5-12-6)13-8(15)10(3-4-10)14-9(11)16/h5H,2-4H2,1H3,(H,13,15)(H3,11,14,16). The number of carbonyl (C=O) groups excluding carboxylic acids is 2. The number of carbonyl (C=O) groups is 2. The second-order valence-electron chi connectivity index (χ2n) is 4.01. The maximum atomic E-state index is 12.0. The van der Waals surface area contributed by atoms with Crippen LogP contribution in [0.15, 0.2) is 5.51 Å². The highest BCUT2D eigenvalue weighted by Crippen LogP contribution is 2.37. The number of nitrogens with two attached hydrogens (primary N) is 1. The van der Waals surface area contributed by atoms with Crippen LogP contribution in [0.2, 0.25) is 0 Å². The van der Waals surface area contributed by atoms with E-state index in [-0.39, 0.29) is 5.91 Å². The van der Waals surface area contributed by atoms with Crippen LogP contribution in [0.5, 0.6) is 0 Å². The quantitative estimate of drug-likeness (QED) is 0.742. The summed E-state index contributed by atoms with van der Waals surface area (Å²) in [5.41, 5.74) is 6.79. The zero-order valence-corrected chi connectivity index (χ0v) is 10.3. The lowest BCUT2D eigenvalue weighted by atomic mass is 10.2. The Kier molecular flexibility index (Phi) is 3.01. The number of hydrogen-bond donors (Lipinski definition) is 3. The summed E-state index contributed by atoms with van der Waals surface area (Å²) in [5.74, 6) is -0.213. The van der Waals surface area contributed by atoms with Crippen LogP contribution in [0, 0.1) is 0 Å². The van der Waals surface area contributed by atoms with E-state index in [2.05, 4.69) is 15.6 Å². The highest BCUT2D eigenvalue weighted by atomic mass is 32.1. The third-order valence-corrected chi connectivity index (χ3v) is 3.53. The summed E-state index contributed by atoms with van der Waals surface area (Å²) in [5, 5.41) is 6.03. The van der Waals surface area contributed by atoms with Gasteiger partial charge in [0, 0.05) is 0 Å². The SMILES string of the molecule is CCc1ncsc1NC(=O)C1(NC(N)=O)CC1. The molecule has 0 spiro atoms. The Bertz CT molecular complexity index is 453. The van der Waals surface area contributed by atoms with E-state index in [9.17, 15) is 9.59 Å². The molecular formula is C10H14N4O2S. The summed E-state index contributed by atoms with van der Waals surface area (Å²) in [6, 6.07) is -0.669. The van der Waals surface area contributed by atoms with E-state index in [0.717, 1.165) is 17.1 Å². The van der Waals surface area contributed by atoms with Crippen LogP contribution in [0.1, 0.15) is 25.5 Å². The first-order chi connectivity index (χ1) is 8.07. The molecule has 0 aromatic carbocycles. The average Bonchev–Trinajstić information content (AvgIpc) is 2.90. The summed E-state index contributed by atoms with van der Waals surface area (Å²) >= 11 is 1.38. The van der Waals surface area contributed by atoms with Gasteiger partial charge in [-0.05, 0) is 19.3 Å². The van der Waals surface area contributed by atoms with Gasteiger partial charge in [0.1, 0.15) is 10.5 Å². The van der Waals surface area contributed by atoms with Gasteiger partial charge < -0.3 is 16.4 Å². The van der Waals surface area contributed by atoms with Gasteiger partial charge in [-0.3, -0.25) is 4.79 Å². The zero-order valence-electron chi connectivity index (χ0n) is 9.45. The van der Waals surface area contributed by atoms with Crippen LogP contribution in [0.4, 0.5) is 9.80 Å². The Morgan fingerprint density at radius 1 is 1.59 bits per heavy atom. The van der Waals surface area contributed by atoms with Crippen LogP contribution in [0.3, 0.4) is 0 Å². The smallest absolute Gasteiger partial charge is 0.313 e. The number of thiazole rings is 1. The number of aryl methyl sites for hydroxylation is 1. The first kappa shape index (κ1) is 11.8. The van der Waals surface area contributed by atoms with Crippen molar-refractivity contribution in [2.75, 3.05) is 5.32 Å². The second-order valence-corrected chi connectivity index (χ2v) is 4.86. The van der Waals surface area contributed by atoms with Gasteiger partial charge in [-0.25, -0.2) is 9.78 Å². The van der Waals surface area contributed by atoms with Crippen LogP contribution in [-0.4, -0.2) is 22.5 Å². The number of primary amides is 1. The van der Waals surface area contributed by atoms with E-state index in [4.69, 9.17) is 5.73 Å². The number of hydrogen-bond acceptors (Lipinski definition) is 4. The summed E-state index contributed by atoms with van der Waals surface area (Å²) in [4.78, 5) is 26.9. The lowest BCUT2D eigenvalue weighted by Crippen LogP contribution is -2.48. The molecule has 1 aliphatic carbocycles. The summed E-state index contributed by atoms with van der Waals surface area (Å²) < 4.78 is 0. The number of urea groups is 1. The van der Waals surface area contributed by atoms with E-state index in [0.29, 0.717) is 12.8 Å². The van der Waals surface area contributed by atoms with Crippen LogP contribution < -0.4 is 16.4 Å². The minimum Gasteiger partial charge on any atom is -0.352 e. The molecule has 1 aliphatic rings. The second kappa shape index (κ2) is 4.33. The maximum Gasteiger partial charge on any atom is 0.313 e. The molecule has 2 rings (SSSR count). The number of aromatic nitrogens is 1. The molecule has 0 atom stereocenters. The molecule has 1 aromatic heterocycles. The molecule has 0 saturated heterocycles. The predicted octanol–water partition coefficient (Wildman–Crippen LogP) is 0.845. The topological polar surface area (TPSA) is 97.1 Å². The van der Waals surface area contributed by atoms with Crippen molar-refractivity contribution in [2.24, 2.45) is 5.73 Å². The van der Waals surface area contributed by atoms with Gasteiger partial charge in [-0.1, -0.05) is 6.92 Å². The van der Waals surface area contributed by atoms with Gasteiger partial charge in [0.15, 0.2) is 0 Å². The number of anilines is 1. The molecule has 1 aromatic rings. The number of nitrogens with one attached hydrogen (secondary N) is 2. The molecule has 92 valence electrons. The van der Waals surface area contributed by atoms with Crippen LogP contribution in [-0.2, 0) is 11.2 Å². The van der Waals surface area contributed by atoms with Crippen molar-refractivity contribution in [1.82, 2.24) is 10.3 Å². The van der Waals surface area contributed by atoms with Crippen molar-refractivity contribution in [2.45, 2.75) is 31.7 Å². The van der Waals surface area contributed by atoms with Gasteiger partial charge in [0.2, 0.25) is 0 Å². The molecule has 17 heavy (non-hydrogen) atoms. The molecule has 1 saturated carbocycles. The monoisotopic (exact) mass is 254 g/mol. The van der Waals surface area contributed by atoms with Gasteiger partial charge in [-0.2, -0.15) is 0 Å². The molecule has 0 unspecified atom stereocenters. The number of rotatable bonds is 4. The minimum atomic E-state index is -0.805. The maximum absolute atomic E-state index is 12.0. The Balaban J connectivity index is 2.05. The minimum absolute atomic E-state index is 0.213. The average molecular weight is 254 g/mol. The summed E-state index contributed by atoms with van der Waals surface area (Å²) in [6.07, 6.45) is 2.01. The fourth-order valence-corrected chi connectivity index (χ4v) is 2.39. The fourth-order valence-electron chi connectivity index (χ4n) is 1.62. The Morgan fingerprint density at radius 2 is 2.29 bits per heavy atom. The van der Waals surface area contributed by atoms with Crippen molar-refractivity contribution in [3.8, 4) is 0 Å². The molecular weight excluding hydrogens is 240 g/mol. The number of amides is 3. The van der Waals surface area contributed by atoms with E-state index in [1.54, 1.807) is 5.51 Å². The van der Waals surface area contributed by atoms with Crippen molar-refractivity contribution in [1.29, 1.82) is 0 Å². The van der Waals surface area contributed by atoms with Gasteiger partial charge in [0.05, 0.1) is 11.2 Å². The summed E-state index contributed by atoms with van der Waals surface area (Å²) in [7, 11) is 0. The van der Waals surface area contributed by atoms with Gasteiger partial charge in [-0.15, -0.1) is 11.3 Å². The molecule has 7 heteroatoms. The molecule has 4 N–H and O–H groups in total. The third-order valence-electron chi connectivity index (χ3n) is 2.75. The Labute approximate surface area is 103 Å². The van der Waals surface area contributed by atoms with E-state index >= 15 is 0 Å². The molecule has 1 heterocycles. The van der Waals surface area contributed by atoms with Gasteiger partial charge in [0.25, 0.3) is 5.91 Å². The van der Waals surface area contributed by atoms with E-state index in [1.807, 2.05) is 6.92 Å². The molecule has 0 radical (unpaired) electrons. The van der Waals surface area contributed by atoms with E-state index in [1.165, 1.54) is 11.3 Å². The zero-order chi connectivity index (χ0) is 12.5.